The van der Waals surface area contributed by atoms with Crippen molar-refractivity contribution < 1.29 is 14.6 Å². The van der Waals surface area contributed by atoms with Gasteiger partial charge in [0.25, 0.3) is 0 Å². The van der Waals surface area contributed by atoms with E-state index in [0.717, 1.165) is 38.1 Å². The van der Waals surface area contributed by atoms with Crippen molar-refractivity contribution in [2.24, 2.45) is 0 Å². The Morgan fingerprint density at radius 1 is 1.38 bits per heavy atom. The van der Waals surface area contributed by atoms with Crippen LogP contribution in [0, 0.1) is 11.3 Å². The summed E-state index contributed by atoms with van der Waals surface area (Å²) in [5, 5.41) is 17.7. The lowest BCUT2D eigenvalue weighted by atomic mass is 9.99. The van der Waals surface area contributed by atoms with Gasteiger partial charge in [0.15, 0.2) is 0 Å². The number of ether oxygens (including phenoxy) is 1. The van der Waals surface area contributed by atoms with E-state index in [1.54, 1.807) is 24.3 Å². The van der Waals surface area contributed by atoms with Gasteiger partial charge in [-0.25, -0.2) is 0 Å². The number of piperidine rings is 1. The zero-order chi connectivity index (χ0) is 15.1. The normalized spacial score (nSPS) is 18.9. The van der Waals surface area contributed by atoms with Crippen molar-refractivity contribution >= 4 is 5.97 Å². The molecule has 0 saturated carbocycles. The summed E-state index contributed by atoms with van der Waals surface area (Å²) in [5.41, 5.74) is 0.611. The number of carbonyl (C=O) groups is 1. The Morgan fingerprint density at radius 2 is 2.14 bits per heavy atom. The fourth-order valence-electron chi connectivity index (χ4n) is 2.69. The van der Waals surface area contributed by atoms with Crippen molar-refractivity contribution in [3.63, 3.8) is 0 Å². The first-order valence-electron chi connectivity index (χ1n) is 7.28. The maximum atomic E-state index is 10.9. The molecule has 1 heterocycles. The Morgan fingerprint density at radius 3 is 2.81 bits per heavy atom. The van der Waals surface area contributed by atoms with Gasteiger partial charge in [-0.3, -0.25) is 9.69 Å². The van der Waals surface area contributed by atoms with Crippen LogP contribution < -0.4 is 4.74 Å². The zero-order valence-corrected chi connectivity index (χ0v) is 12.0. The van der Waals surface area contributed by atoms with Crippen molar-refractivity contribution in [3.8, 4) is 11.8 Å². The van der Waals surface area contributed by atoms with Crippen LogP contribution in [0.25, 0.3) is 0 Å². The molecular formula is C16H20N2O3. The Balaban J connectivity index is 1.80. The van der Waals surface area contributed by atoms with Gasteiger partial charge >= 0.3 is 5.97 Å². The van der Waals surface area contributed by atoms with E-state index in [2.05, 4.69) is 11.0 Å². The van der Waals surface area contributed by atoms with Crippen LogP contribution in [0.15, 0.2) is 24.3 Å². The number of hydrogen-bond donors (Lipinski definition) is 1. The number of benzene rings is 1. The number of aliphatic carboxylic acids is 1. The molecule has 0 amide bonds. The van der Waals surface area contributed by atoms with Gasteiger partial charge in [0.05, 0.1) is 18.1 Å². The first-order valence-corrected chi connectivity index (χ1v) is 7.28. The van der Waals surface area contributed by atoms with Gasteiger partial charge in [0, 0.05) is 12.6 Å². The molecule has 21 heavy (non-hydrogen) atoms. The standard InChI is InChI=1S/C16H20N2O3/c17-12-13-4-6-15(7-5-13)21-10-9-18-8-2-1-3-14(18)11-16(19)20/h4-7,14H,1-3,8-11H2,(H,19,20). The zero-order valence-electron chi connectivity index (χ0n) is 12.0. The molecule has 1 fully saturated rings. The van der Waals surface area contributed by atoms with E-state index in [9.17, 15) is 4.79 Å². The molecule has 112 valence electrons. The molecule has 1 aromatic rings. The van der Waals surface area contributed by atoms with Gasteiger partial charge in [0.2, 0.25) is 0 Å². The molecule has 1 saturated heterocycles. The molecule has 0 aliphatic carbocycles. The van der Waals surface area contributed by atoms with Crippen molar-refractivity contribution in [1.82, 2.24) is 4.90 Å². The van der Waals surface area contributed by atoms with Crippen molar-refractivity contribution in [1.29, 1.82) is 5.26 Å². The summed E-state index contributed by atoms with van der Waals surface area (Å²) >= 11 is 0. The van der Waals surface area contributed by atoms with Gasteiger partial charge in [0.1, 0.15) is 12.4 Å². The maximum absolute atomic E-state index is 10.9. The molecule has 5 heteroatoms. The van der Waals surface area contributed by atoms with Crippen LogP contribution in [0.5, 0.6) is 5.75 Å². The molecule has 0 spiro atoms. The molecule has 1 aromatic carbocycles. The minimum atomic E-state index is -0.736. The monoisotopic (exact) mass is 288 g/mol. The number of hydrogen-bond acceptors (Lipinski definition) is 4. The quantitative estimate of drug-likeness (QED) is 0.869. The van der Waals surface area contributed by atoms with Gasteiger partial charge in [-0.1, -0.05) is 6.42 Å². The summed E-state index contributed by atoms with van der Waals surface area (Å²) in [7, 11) is 0. The predicted octanol–water partition coefficient (Wildman–Crippen LogP) is 2.27. The lowest BCUT2D eigenvalue weighted by molar-refractivity contribution is -0.138. The van der Waals surface area contributed by atoms with Crippen molar-refractivity contribution in [3.05, 3.63) is 29.8 Å². The van der Waals surface area contributed by atoms with E-state index in [1.165, 1.54) is 0 Å². The van der Waals surface area contributed by atoms with Gasteiger partial charge in [-0.15, -0.1) is 0 Å². The van der Waals surface area contributed by atoms with Gasteiger partial charge < -0.3 is 9.84 Å². The lowest BCUT2D eigenvalue weighted by Crippen LogP contribution is -2.42. The second-order valence-corrected chi connectivity index (χ2v) is 5.27. The first kappa shape index (κ1) is 15.3. The average molecular weight is 288 g/mol. The number of carboxylic acids is 1. The minimum absolute atomic E-state index is 0.126. The van der Waals surface area contributed by atoms with Crippen molar-refractivity contribution in [2.45, 2.75) is 31.7 Å². The van der Waals surface area contributed by atoms with Crippen LogP contribution in [0.3, 0.4) is 0 Å². The number of carboxylic acid groups (broad SMARTS) is 1. The van der Waals surface area contributed by atoms with E-state index in [1.807, 2.05) is 0 Å². The largest absolute Gasteiger partial charge is 0.492 e. The summed E-state index contributed by atoms with van der Waals surface area (Å²) in [6, 6.07) is 9.21. The van der Waals surface area contributed by atoms with Crippen LogP contribution >= 0.6 is 0 Å². The third-order valence-electron chi connectivity index (χ3n) is 3.79. The molecule has 1 N–H and O–H groups in total. The Labute approximate surface area is 124 Å². The van der Waals surface area contributed by atoms with E-state index in [-0.39, 0.29) is 12.5 Å². The molecule has 1 atom stereocenters. The molecule has 1 aliphatic rings. The fraction of sp³-hybridized carbons (Fsp3) is 0.500. The molecule has 2 rings (SSSR count). The molecular weight excluding hydrogens is 268 g/mol. The van der Waals surface area contributed by atoms with Crippen LogP contribution in [-0.2, 0) is 4.79 Å². The summed E-state index contributed by atoms with van der Waals surface area (Å²) in [6.45, 7) is 2.20. The van der Waals surface area contributed by atoms with Crippen LogP contribution in [0.1, 0.15) is 31.2 Å². The predicted molar refractivity (Wildman–Crippen MR) is 78.1 cm³/mol. The van der Waals surface area contributed by atoms with Crippen LogP contribution in [-0.4, -0.2) is 41.7 Å². The van der Waals surface area contributed by atoms with E-state index < -0.39 is 5.97 Å². The van der Waals surface area contributed by atoms with Gasteiger partial charge in [-0.2, -0.15) is 5.26 Å². The van der Waals surface area contributed by atoms with E-state index in [0.29, 0.717) is 12.2 Å². The molecule has 5 nitrogen and oxygen atoms in total. The van der Waals surface area contributed by atoms with E-state index in [4.69, 9.17) is 15.1 Å². The minimum Gasteiger partial charge on any atom is -0.492 e. The highest BCUT2D eigenvalue weighted by molar-refractivity contribution is 5.67. The first-order chi connectivity index (χ1) is 10.2. The average Bonchev–Trinajstić information content (AvgIpc) is 2.49. The summed E-state index contributed by atoms with van der Waals surface area (Å²) in [6.07, 6.45) is 3.37. The van der Waals surface area contributed by atoms with E-state index >= 15 is 0 Å². The summed E-state index contributed by atoms with van der Waals surface area (Å²) in [5.74, 6) is 0.000652. The number of likely N-dealkylation sites (tertiary alicyclic amines) is 1. The number of rotatable bonds is 6. The molecule has 0 radical (unpaired) electrons. The number of nitrogens with zero attached hydrogens (tertiary/aromatic N) is 2. The highest BCUT2D eigenvalue weighted by atomic mass is 16.5. The topological polar surface area (TPSA) is 73.6 Å². The maximum Gasteiger partial charge on any atom is 0.304 e. The second kappa shape index (κ2) is 7.65. The summed E-state index contributed by atoms with van der Waals surface area (Å²) in [4.78, 5) is 13.1. The highest BCUT2D eigenvalue weighted by Crippen LogP contribution is 2.19. The lowest BCUT2D eigenvalue weighted by Gasteiger charge is -2.34. The second-order valence-electron chi connectivity index (χ2n) is 5.27. The highest BCUT2D eigenvalue weighted by Gasteiger charge is 2.24. The number of nitriles is 1. The Bertz CT molecular complexity index is 507. The Kier molecular flexibility index (Phi) is 5.59. The molecule has 0 bridgehead atoms. The van der Waals surface area contributed by atoms with Gasteiger partial charge in [-0.05, 0) is 43.7 Å². The van der Waals surface area contributed by atoms with Crippen LogP contribution in [0.2, 0.25) is 0 Å². The Hall–Kier alpha value is -2.06. The fourth-order valence-corrected chi connectivity index (χ4v) is 2.69. The third-order valence-corrected chi connectivity index (χ3v) is 3.79. The molecule has 1 unspecified atom stereocenters. The third kappa shape index (κ3) is 4.76. The summed E-state index contributed by atoms with van der Waals surface area (Å²) < 4.78 is 5.66. The smallest absolute Gasteiger partial charge is 0.304 e. The molecule has 0 aromatic heterocycles. The molecule has 1 aliphatic heterocycles. The SMILES string of the molecule is N#Cc1ccc(OCCN2CCCCC2CC(=O)O)cc1. The van der Waals surface area contributed by atoms with Crippen LogP contribution in [0.4, 0.5) is 0 Å². The van der Waals surface area contributed by atoms with Crippen molar-refractivity contribution in [2.75, 3.05) is 19.7 Å².